The number of hydrogen-bond acceptors (Lipinski definition) is 7. The minimum Gasteiger partial charge on any atom is -0.459 e. The van der Waals surface area contributed by atoms with Gasteiger partial charge < -0.3 is 24.8 Å². The van der Waals surface area contributed by atoms with E-state index in [0.29, 0.717) is 0 Å². The molecular weight excluding hydrogens is 234 g/mol. The first-order valence-corrected chi connectivity index (χ1v) is 4.85. The van der Waals surface area contributed by atoms with Crippen molar-refractivity contribution < 1.29 is 29.6 Å². The molecule has 0 spiro atoms. The van der Waals surface area contributed by atoms with Crippen LogP contribution in [-0.2, 0) is 14.3 Å². The lowest BCUT2D eigenvalue weighted by Gasteiger charge is -2.39. The lowest BCUT2D eigenvalue weighted by molar-refractivity contribution is -0.253. The van der Waals surface area contributed by atoms with E-state index in [1.165, 1.54) is 0 Å². The first-order chi connectivity index (χ1) is 8.01. The van der Waals surface area contributed by atoms with Crippen molar-refractivity contribution in [3.8, 4) is 0 Å². The summed E-state index contributed by atoms with van der Waals surface area (Å²) in [7, 11) is 0. The van der Waals surface area contributed by atoms with Gasteiger partial charge in [0.2, 0.25) is 0 Å². The van der Waals surface area contributed by atoms with Crippen molar-refractivity contribution in [2.75, 3.05) is 6.61 Å². The Labute approximate surface area is 96.2 Å². The summed E-state index contributed by atoms with van der Waals surface area (Å²) in [6, 6.07) is -1.26. The molecule has 0 saturated carbocycles. The highest BCUT2D eigenvalue weighted by Crippen LogP contribution is 2.24. The lowest BCUT2D eigenvalue weighted by atomic mass is 9.97. The second-order valence-corrected chi connectivity index (χ2v) is 3.51. The van der Waals surface area contributed by atoms with Crippen molar-refractivity contribution in [1.29, 1.82) is 0 Å². The predicted molar refractivity (Wildman–Crippen MR) is 52.5 cm³/mol. The van der Waals surface area contributed by atoms with E-state index >= 15 is 0 Å². The quantitative estimate of drug-likeness (QED) is 0.244. The van der Waals surface area contributed by atoms with Gasteiger partial charge in [0.1, 0.15) is 24.4 Å². The molecule has 1 heterocycles. The molecule has 9 nitrogen and oxygen atoms in total. The van der Waals surface area contributed by atoms with E-state index in [4.69, 9.17) is 20.1 Å². The Bertz CT molecular complexity index is 331. The Hall–Kier alpha value is -1.38. The second kappa shape index (κ2) is 5.80. The van der Waals surface area contributed by atoms with Crippen LogP contribution < -0.4 is 0 Å². The molecule has 3 N–H and O–H groups in total. The lowest BCUT2D eigenvalue weighted by Crippen LogP contribution is -2.59. The normalized spacial score (nSPS) is 37.1. The molecule has 5 atom stereocenters. The molecular formula is C8H13N3O6. The highest BCUT2D eigenvalue weighted by Gasteiger charge is 2.46. The third-order valence-electron chi connectivity index (χ3n) is 2.33. The van der Waals surface area contributed by atoms with Crippen LogP contribution in [0.25, 0.3) is 10.4 Å². The Kier molecular flexibility index (Phi) is 4.67. The van der Waals surface area contributed by atoms with E-state index in [0.717, 1.165) is 6.92 Å². The molecule has 1 fully saturated rings. The molecule has 0 aromatic heterocycles. The van der Waals surface area contributed by atoms with Crippen LogP contribution in [0.4, 0.5) is 0 Å². The van der Waals surface area contributed by atoms with E-state index in [1.54, 1.807) is 0 Å². The van der Waals surface area contributed by atoms with Crippen molar-refractivity contribution >= 4 is 5.97 Å². The Morgan fingerprint density at radius 1 is 1.59 bits per heavy atom. The van der Waals surface area contributed by atoms with Gasteiger partial charge in [-0.1, -0.05) is 5.11 Å². The van der Waals surface area contributed by atoms with Gasteiger partial charge in [0, 0.05) is 11.8 Å². The number of rotatable bonds is 3. The van der Waals surface area contributed by atoms with Crippen molar-refractivity contribution in [3.63, 3.8) is 0 Å². The molecule has 1 rings (SSSR count). The van der Waals surface area contributed by atoms with Crippen LogP contribution in [0.5, 0.6) is 0 Å². The van der Waals surface area contributed by atoms with Gasteiger partial charge in [-0.3, -0.25) is 4.79 Å². The molecule has 1 aliphatic heterocycles. The number of esters is 1. The van der Waals surface area contributed by atoms with Gasteiger partial charge in [-0.15, -0.1) is 0 Å². The SMILES string of the molecule is CC(=O)O[C@H]1[C@@H](O)[C@@H](CO)O[C@@H](O)[C@@H]1N=[N+]=[N-]. The molecule has 0 aliphatic carbocycles. The minimum absolute atomic E-state index is 0.570. The van der Waals surface area contributed by atoms with Crippen LogP contribution in [-0.4, -0.2) is 58.5 Å². The standard InChI is InChI=1S/C8H13N3O6/c1-3(13)16-7-5(10-11-9)8(15)17-4(2-12)6(7)14/h4-8,12,14-15H,2H2,1H3/t4-,5-,6+,7-,8-/m1/s1. The zero-order chi connectivity index (χ0) is 13.0. The summed E-state index contributed by atoms with van der Waals surface area (Å²) < 4.78 is 9.59. The number of aliphatic hydroxyl groups excluding tert-OH is 3. The summed E-state index contributed by atoms with van der Waals surface area (Å²) in [5, 5.41) is 31.4. The molecule has 0 radical (unpaired) electrons. The smallest absolute Gasteiger partial charge is 0.303 e. The van der Waals surface area contributed by atoms with Crippen LogP contribution in [0.3, 0.4) is 0 Å². The largest absolute Gasteiger partial charge is 0.459 e. The van der Waals surface area contributed by atoms with Crippen molar-refractivity contribution in [2.24, 2.45) is 5.11 Å². The zero-order valence-electron chi connectivity index (χ0n) is 9.00. The summed E-state index contributed by atoms with van der Waals surface area (Å²) >= 11 is 0. The van der Waals surface area contributed by atoms with Crippen molar-refractivity contribution in [2.45, 2.75) is 37.6 Å². The van der Waals surface area contributed by atoms with Gasteiger partial charge >= 0.3 is 5.97 Å². The molecule has 0 aromatic carbocycles. The van der Waals surface area contributed by atoms with E-state index in [9.17, 15) is 15.0 Å². The Balaban J connectivity index is 2.94. The highest BCUT2D eigenvalue weighted by molar-refractivity contribution is 5.66. The average Bonchev–Trinajstić information content (AvgIpc) is 2.27. The van der Waals surface area contributed by atoms with Crippen LogP contribution in [0, 0.1) is 0 Å². The summed E-state index contributed by atoms with van der Waals surface area (Å²) in [5.41, 5.74) is 8.32. The number of ether oxygens (including phenoxy) is 2. The molecule has 0 unspecified atom stereocenters. The summed E-state index contributed by atoms with van der Waals surface area (Å²) in [6.07, 6.45) is -5.32. The number of aliphatic hydroxyl groups is 3. The fourth-order valence-corrected chi connectivity index (χ4v) is 1.58. The average molecular weight is 247 g/mol. The summed E-state index contributed by atoms with van der Waals surface area (Å²) in [4.78, 5) is 13.3. The predicted octanol–water partition coefficient (Wildman–Crippen LogP) is -1.33. The Morgan fingerprint density at radius 3 is 2.71 bits per heavy atom. The van der Waals surface area contributed by atoms with Crippen LogP contribution >= 0.6 is 0 Å². The number of azide groups is 1. The number of nitrogens with zero attached hydrogens (tertiary/aromatic N) is 3. The molecule has 1 aliphatic rings. The molecule has 0 amide bonds. The van der Waals surface area contributed by atoms with Gasteiger partial charge in [-0.05, 0) is 5.53 Å². The minimum atomic E-state index is -1.56. The van der Waals surface area contributed by atoms with Crippen LogP contribution in [0.2, 0.25) is 0 Å². The summed E-state index contributed by atoms with van der Waals surface area (Å²) in [5.74, 6) is -0.710. The maximum absolute atomic E-state index is 10.9. The van der Waals surface area contributed by atoms with Gasteiger partial charge in [0.05, 0.1) is 6.61 Å². The van der Waals surface area contributed by atoms with Gasteiger partial charge in [0.25, 0.3) is 0 Å². The summed E-state index contributed by atoms with van der Waals surface area (Å²) in [6.45, 7) is 0.536. The monoisotopic (exact) mass is 247 g/mol. The maximum atomic E-state index is 10.9. The fraction of sp³-hybridized carbons (Fsp3) is 0.875. The molecule has 0 bridgehead atoms. The van der Waals surface area contributed by atoms with Gasteiger partial charge in [-0.25, -0.2) is 0 Å². The van der Waals surface area contributed by atoms with Gasteiger partial charge in [-0.2, -0.15) is 0 Å². The first kappa shape index (κ1) is 13.7. The fourth-order valence-electron chi connectivity index (χ4n) is 1.58. The molecule has 9 heteroatoms. The third kappa shape index (κ3) is 3.05. The van der Waals surface area contributed by atoms with E-state index < -0.39 is 43.2 Å². The second-order valence-electron chi connectivity index (χ2n) is 3.51. The molecule has 96 valence electrons. The highest BCUT2D eigenvalue weighted by atomic mass is 16.6. The van der Waals surface area contributed by atoms with Crippen molar-refractivity contribution in [1.82, 2.24) is 0 Å². The van der Waals surface area contributed by atoms with E-state index in [-0.39, 0.29) is 0 Å². The number of hydrogen-bond donors (Lipinski definition) is 3. The first-order valence-electron chi connectivity index (χ1n) is 4.85. The molecule has 1 saturated heterocycles. The van der Waals surface area contributed by atoms with Crippen LogP contribution in [0.1, 0.15) is 6.92 Å². The number of carbonyl (C=O) groups excluding carboxylic acids is 1. The van der Waals surface area contributed by atoms with Crippen molar-refractivity contribution in [3.05, 3.63) is 10.4 Å². The maximum Gasteiger partial charge on any atom is 0.303 e. The molecule has 17 heavy (non-hydrogen) atoms. The zero-order valence-corrected chi connectivity index (χ0v) is 9.00. The van der Waals surface area contributed by atoms with Gasteiger partial charge in [0.15, 0.2) is 6.29 Å². The topological polar surface area (TPSA) is 145 Å². The number of carbonyl (C=O) groups is 1. The molecule has 0 aromatic rings. The Morgan fingerprint density at radius 2 is 2.24 bits per heavy atom. The van der Waals surface area contributed by atoms with E-state index in [2.05, 4.69) is 10.0 Å². The third-order valence-corrected chi connectivity index (χ3v) is 2.33. The van der Waals surface area contributed by atoms with E-state index in [1.807, 2.05) is 0 Å². The van der Waals surface area contributed by atoms with Crippen LogP contribution in [0.15, 0.2) is 5.11 Å².